The molecule has 0 saturated carbocycles. The molecule has 122 valence electrons. The fraction of sp³-hybridized carbons (Fsp3) is 0.429. The van der Waals surface area contributed by atoms with Gasteiger partial charge in [-0.2, -0.15) is 0 Å². The van der Waals surface area contributed by atoms with Gasteiger partial charge in [0.2, 0.25) is 5.91 Å². The molecule has 2 rings (SSSR count). The zero-order chi connectivity index (χ0) is 15.1. The number of benzene rings is 1. The number of nitrogens with one attached hydrogen (secondary N) is 4. The van der Waals surface area contributed by atoms with Gasteiger partial charge in [0.15, 0.2) is 0 Å². The average molecular weight is 347 g/mol. The molecule has 0 aromatic heterocycles. The lowest BCUT2D eigenvalue weighted by Gasteiger charge is -2.12. The van der Waals surface area contributed by atoms with E-state index >= 15 is 0 Å². The second kappa shape index (κ2) is 9.50. The summed E-state index contributed by atoms with van der Waals surface area (Å²) >= 11 is 5.78. The number of hydrogen-bond donors (Lipinski definition) is 4. The van der Waals surface area contributed by atoms with Gasteiger partial charge in [-0.15, -0.1) is 12.4 Å². The largest absolute Gasteiger partial charge is 0.351 e. The van der Waals surface area contributed by atoms with Crippen LogP contribution in [0.2, 0.25) is 5.02 Å². The Morgan fingerprint density at radius 1 is 1.23 bits per heavy atom. The molecule has 8 heteroatoms. The molecule has 1 saturated heterocycles. The van der Waals surface area contributed by atoms with Crippen molar-refractivity contribution in [2.24, 2.45) is 0 Å². The van der Waals surface area contributed by atoms with Gasteiger partial charge in [0, 0.05) is 24.2 Å². The molecule has 1 aromatic rings. The maximum atomic E-state index is 11.6. The van der Waals surface area contributed by atoms with E-state index in [9.17, 15) is 9.59 Å². The van der Waals surface area contributed by atoms with Crippen LogP contribution in [-0.4, -0.2) is 37.6 Å². The van der Waals surface area contributed by atoms with Crippen LogP contribution in [0.1, 0.15) is 12.0 Å². The van der Waals surface area contributed by atoms with Crippen LogP contribution in [-0.2, 0) is 11.3 Å². The Morgan fingerprint density at radius 2 is 1.95 bits per heavy atom. The maximum Gasteiger partial charge on any atom is 0.315 e. The summed E-state index contributed by atoms with van der Waals surface area (Å²) in [5.74, 6) is -0.176. The van der Waals surface area contributed by atoms with Gasteiger partial charge in [0.25, 0.3) is 0 Å². The molecule has 6 nitrogen and oxygen atoms in total. The number of carbonyl (C=O) groups excluding carboxylic acids is 2. The first kappa shape index (κ1) is 18.5. The molecule has 0 bridgehead atoms. The molecule has 1 unspecified atom stereocenters. The molecule has 0 spiro atoms. The van der Waals surface area contributed by atoms with Crippen LogP contribution in [0, 0.1) is 0 Å². The van der Waals surface area contributed by atoms with Gasteiger partial charge >= 0.3 is 6.03 Å². The summed E-state index contributed by atoms with van der Waals surface area (Å²) in [6.45, 7) is 2.06. The van der Waals surface area contributed by atoms with Crippen LogP contribution in [0.3, 0.4) is 0 Å². The van der Waals surface area contributed by atoms with E-state index < -0.39 is 0 Å². The highest BCUT2D eigenvalue weighted by Gasteiger charge is 2.16. The zero-order valence-corrected chi connectivity index (χ0v) is 13.6. The standard InChI is InChI=1S/C14H19ClN4O2.ClH/c15-11-3-1-10(2-4-11)7-17-14(21)18-9-13(20)19-12-5-6-16-8-12;/h1-4,12,16H,5-9H2,(H,19,20)(H2,17,18,21);1H. The van der Waals surface area contributed by atoms with Crippen LogP contribution in [0.4, 0.5) is 4.79 Å². The topological polar surface area (TPSA) is 82.3 Å². The van der Waals surface area contributed by atoms with Gasteiger partial charge < -0.3 is 21.3 Å². The molecule has 1 aliphatic rings. The molecule has 22 heavy (non-hydrogen) atoms. The second-order valence-electron chi connectivity index (χ2n) is 4.92. The van der Waals surface area contributed by atoms with E-state index in [4.69, 9.17) is 11.6 Å². The third-order valence-electron chi connectivity index (χ3n) is 3.20. The minimum atomic E-state index is -0.371. The average Bonchev–Trinajstić information content (AvgIpc) is 2.97. The Hall–Kier alpha value is -1.50. The smallest absolute Gasteiger partial charge is 0.315 e. The summed E-state index contributed by atoms with van der Waals surface area (Å²) in [7, 11) is 0. The minimum absolute atomic E-state index is 0. The van der Waals surface area contributed by atoms with Gasteiger partial charge in [0.1, 0.15) is 0 Å². The van der Waals surface area contributed by atoms with Gasteiger partial charge in [-0.25, -0.2) is 4.79 Å². The van der Waals surface area contributed by atoms with Crippen molar-refractivity contribution < 1.29 is 9.59 Å². The molecular formula is C14H20Cl2N4O2. The molecule has 0 aliphatic carbocycles. The van der Waals surface area contributed by atoms with Crippen LogP contribution >= 0.6 is 24.0 Å². The monoisotopic (exact) mass is 346 g/mol. The fourth-order valence-electron chi connectivity index (χ4n) is 2.06. The molecule has 1 fully saturated rings. The predicted molar refractivity (Wildman–Crippen MR) is 88.4 cm³/mol. The zero-order valence-electron chi connectivity index (χ0n) is 12.0. The summed E-state index contributed by atoms with van der Waals surface area (Å²) < 4.78 is 0. The summed E-state index contributed by atoms with van der Waals surface area (Å²) in [4.78, 5) is 23.2. The normalized spacial score (nSPS) is 16.5. The first-order valence-electron chi connectivity index (χ1n) is 6.90. The summed E-state index contributed by atoms with van der Waals surface area (Å²) in [6, 6.07) is 6.99. The van der Waals surface area contributed by atoms with Gasteiger partial charge in [-0.3, -0.25) is 4.79 Å². The lowest BCUT2D eigenvalue weighted by atomic mass is 10.2. The van der Waals surface area contributed by atoms with E-state index in [1.165, 1.54) is 0 Å². The maximum absolute atomic E-state index is 11.6. The highest BCUT2D eigenvalue weighted by atomic mass is 35.5. The van der Waals surface area contributed by atoms with Crippen LogP contribution in [0.5, 0.6) is 0 Å². The fourth-order valence-corrected chi connectivity index (χ4v) is 2.19. The van der Waals surface area contributed by atoms with Crippen molar-refractivity contribution in [3.63, 3.8) is 0 Å². The van der Waals surface area contributed by atoms with Crippen LogP contribution in [0.25, 0.3) is 0 Å². The van der Waals surface area contributed by atoms with Crippen molar-refractivity contribution in [2.75, 3.05) is 19.6 Å². The highest BCUT2D eigenvalue weighted by molar-refractivity contribution is 6.30. The van der Waals surface area contributed by atoms with E-state index in [0.717, 1.165) is 25.1 Å². The van der Waals surface area contributed by atoms with Gasteiger partial charge in [-0.05, 0) is 30.7 Å². The molecule has 0 radical (unpaired) electrons. The molecule has 1 aliphatic heterocycles. The molecule has 1 atom stereocenters. The third-order valence-corrected chi connectivity index (χ3v) is 3.45. The van der Waals surface area contributed by atoms with Crippen molar-refractivity contribution in [1.29, 1.82) is 0 Å². The number of carbonyl (C=O) groups is 2. The number of hydrogen-bond acceptors (Lipinski definition) is 3. The Kier molecular flexibility index (Phi) is 8.01. The van der Waals surface area contributed by atoms with E-state index in [2.05, 4.69) is 21.3 Å². The summed E-state index contributed by atoms with van der Waals surface area (Å²) in [6.07, 6.45) is 0.925. The van der Waals surface area contributed by atoms with Crippen LogP contribution < -0.4 is 21.3 Å². The van der Waals surface area contributed by atoms with Gasteiger partial charge in [0.05, 0.1) is 6.54 Å². The lowest BCUT2D eigenvalue weighted by molar-refractivity contribution is -0.120. The number of rotatable bonds is 5. The van der Waals surface area contributed by atoms with Crippen molar-refractivity contribution in [2.45, 2.75) is 19.0 Å². The van der Waals surface area contributed by atoms with E-state index in [1.807, 2.05) is 12.1 Å². The van der Waals surface area contributed by atoms with Crippen molar-refractivity contribution in [1.82, 2.24) is 21.3 Å². The Balaban J connectivity index is 0.00000242. The molecule has 1 aromatic carbocycles. The summed E-state index contributed by atoms with van der Waals surface area (Å²) in [5, 5.41) is 11.9. The lowest BCUT2D eigenvalue weighted by Crippen LogP contribution is -2.45. The summed E-state index contributed by atoms with van der Waals surface area (Å²) in [5.41, 5.74) is 0.941. The molecule has 1 heterocycles. The Bertz CT molecular complexity index is 490. The SMILES string of the molecule is Cl.O=C(CNC(=O)NCc1ccc(Cl)cc1)NC1CCNC1. The second-order valence-corrected chi connectivity index (χ2v) is 5.36. The van der Waals surface area contributed by atoms with Crippen molar-refractivity contribution >= 4 is 35.9 Å². The first-order valence-corrected chi connectivity index (χ1v) is 7.27. The third kappa shape index (κ3) is 6.51. The van der Waals surface area contributed by atoms with E-state index in [-0.39, 0.29) is 36.9 Å². The molecule has 4 N–H and O–H groups in total. The minimum Gasteiger partial charge on any atom is -0.351 e. The van der Waals surface area contributed by atoms with Crippen molar-refractivity contribution in [3.8, 4) is 0 Å². The highest BCUT2D eigenvalue weighted by Crippen LogP contribution is 2.08. The Morgan fingerprint density at radius 3 is 2.59 bits per heavy atom. The van der Waals surface area contributed by atoms with Crippen molar-refractivity contribution in [3.05, 3.63) is 34.9 Å². The molecular weight excluding hydrogens is 327 g/mol. The number of urea groups is 1. The predicted octanol–water partition coefficient (Wildman–Crippen LogP) is 1.04. The van der Waals surface area contributed by atoms with Crippen LogP contribution in [0.15, 0.2) is 24.3 Å². The quantitative estimate of drug-likeness (QED) is 0.642. The van der Waals surface area contributed by atoms with E-state index in [0.29, 0.717) is 11.6 Å². The number of amides is 3. The van der Waals surface area contributed by atoms with E-state index in [1.54, 1.807) is 12.1 Å². The van der Waals surface area contributed by atoms with Gasteiger partial charge in [-0.1, -0.05) is 23.7 Å². The molecule has 3 amide bonds. The first-order chi connectivity index (χ1) is 10.1. The number of halogens is 2. The Labute approximate surface area is 140 Å².